The quantitative estimate of drug-likeness (QED) is 0.899. The van der Waals surface area contributed by atoms with Gasteiger partial charge in [0.05, 0.1) is 16.8 Å². The number of rotatable bonds is 4. The van der Waals surface area contributed by atoms with Crippen LogP contribution in [0.1, 0.15) is 34.9 Å². The fraction of sp³-hybridized carbons (Fsp3) is 0.357. The minimum atomic E-state index is -0.456. The maximum absolute atomic E-state index is 10.2. The maximum atomic E-state index is 10.2. The number of nitrogens with zero attached hydrogens (tertiary/aromatic N) is 1. The summed E-state index contributed by atoms with van der Waals surface area (Å²) in [6.45, 7) is 4.10. The second-order valence-electron chi connectivity index (χ2n) is 4.18. The fourth-order valence-electron chi connectivity index (χ4n) is 1.84. The Balaban J connectivity index is 2.11. The molecule has 3 heteroatoms. The van der Waals surface area contributed by atoms with E-state index in [4.69, 9.17) is 0 Å². The first-order valence-electron chi connectivity index (χ1n) is 5.87. The molecular formula is C14H17NOS. The predicted molar refractivity (Wildman–Crippen MR) is 71.3 cm³/mol. The Morgan fingerprint density at radius 2 is 2.24 bits per heavy atom. The summed E-state index contributed by atoms with van der Waals surface area (Å²) in [4.78, 5) is 4.38. The highest BCUT2D eigenvalue weighted by Gasteiger charge is 2.10. The van der Waals surface area contributed by atoms with E-state index >= 15 is 0 Å². The van der Waals surface area contributed by atoms with E-state index in [0.29, 0.717) is 6.42 Å². The van der Waals surface area contributed by atoms with Crippen LogP contribution >= 0.6 is 11.3 Å². The van der Waals surface area contributed by atoms with E-state index in [1.165, 1.54) is 5.56 Å². The smallest absolute Gasteiger partial charge is 0.0897 e. The molecule has 2 rings (SSSR count). The number of aliphatic hydroxyl groups is 1. The largest absolute Gasteiger partial charge is 0.388 e. The molecule has 2 aromatic rings. The molecule has 0 fully saturated rings. The van der Waals surface area contributed by atoms with Gasteiger partial charge in [-0.3, -0.25) is 0 Å². The van der Waals surface area contributed by atoms with Crippen LogP contribution in [0.5, 0.6) is 0 Å². The van der Waals surface area contributed by atoms with Crippen molar-refractivity contribution in [3.63, 3.8) is 0 Å². The van der Waals surface area contributed by atoms with Crippen molar-refractivity contribution in [2.75, 3.05) is 0 Å². The summed E-state index contributed by atoms with van der Waals surface area (Å²) in [5, 5.41) is 13.2. The number of hydrogen-bond acceptors (Lipinski definition) is 3. The highest BCUT2D eigenvalue weighted by atomic mass is 32.1. The molecule has 0 spiro atoms. The van der Waals surface area contributed by atoms with Crippen molar-refractivity contribution in [1.82, 2.24) is 4.98 Å². The van der Waals surface area contributed by atoms with Crippen LogP contribution in [0.3, 0.4) is 0 Å². The van der Waals surface area contributed by atoms with Gasteiger partial charge >= 0.3 is 0 Å². The van der Waals surface area contributed by atoms with Crippen molar-refractivity contribution in [1.29, 1.82) is 0 Å². The molecule has 0 saturated carbocycles. The summed E-state index contributed by atoms with van der Waals surface area (Å²) in [5.74, 6) is 0. The Kier molecular flexibility index (Phi) is 3.92. The van der Waals surface area contributed by atoms with Gasteiger partial charge in [0.1, 0.15) is 0 Å². The molecule has 0 aliphatic heterocycles. The van der Waals surface area contributed by atoms with Crippen molar-refractivity contribution >= 4 is 11.3 Å². The summed E-state index contributed by atoms with van der Waals surface area (Å²) < 4.78 is 0. The third kappa shape index (κ3) is 3.14. The average Bonchev–Trinajstić information content (AvgIpc) is 2.75. The van der Waals surface area contributed by atoms with Crippen LogP contribution in [-0.4, -0.2) is 10.1 Å². The molecule has 0 amide bonds. The Labute approximate surface area is 106 Å². The second-order valence-corrected chi connectivity index (χ2v) is 5.24. The van der Waals surface area contributed by atoms with E-state index < -0.39 is 6.10 Å². The summed E-state index contributed by atoms with van der Waals surface area (Å²) in [5.41, 5.74) is 3.22. The van der Waals surface area contributed by atoms with Crippen molar-refractivity contribution in [3.05, 3.63) is 51.5 Å². The molecule has 90 valence electrons. The van der Waals surface area contributed by atoms with Gasteiger partial charge in [-0.15, -0.1) is 11.3 Å². The summed E-state index contributed by atoms with van der Waals surface area (Å²) in [7, 11) is 0. The van der Waals surface area contributed by atoms with Crippen molar-refractivity contribution < 1.29 is 5.11 Å². The second kappa shape index (κ2) is 5.43. The van der Waals surface area contributed by atoms with E-state index in [-0.39, 0.29) is 0 Å². The molecule has 1 heterocycles. The normalized spacial score (nSPS) is 12.6. The average molecular weight is 247 g/mol. The standard InChI is InChI=1S/C14H17NOS/c1-3-11-5-4-6-12(7-11)14(16)8-13-9-17-10(2)15-13/h4-7,9,14,16H,3,8H2,1-2H3. The maximum Gasteiger partial charge on any atom is 0.0897 e. The highest BCUT2D eigenvalue weighted by molar-refractivity contribution is 7.09. The van der Waals surface area contributed by atoms with Crippen LogP contribution in [0.25, 0.3) is 0 Å². The van der Waals surface area contributed by atoms with Crippen LogP contribution < -0.4 is 0 Å². The molecular weight excluding hydrogens is 230 g/mol. The molecule has 1 atom stereocenters. The Hall–Kier alpha value is -1.19. The zero-order valence-electron chi connectivity index (χ0n) is 10.2. The van der Waals surface area contributed by atoms with Gasteiger partial charge in [-0.05, 0) is 24.5 Å². The van der Waals surface area contributed by atoms with Crippen LogP contribution in [0.4, 0.5) is 0 Å². The molecule has 1 N–H and O–H groups in total. The predicted octanol–water partition coefficient (Wildman–Crippen LogP) is 3.29. The number of thiazole rings is 1. The minimum Gasteiger partial charge on any atom is -0.388 e. The first-order chi connectivity index (χ1) is 8.19. The van der Waals surface area contributed by atoms with Crippen molar-refractivity contribution in [3.8, 4) is 0 Å². The van der Waals surface area contributed by atoms with E-state index in [0.717, 1.165) is 22.7 Å². The van der Waals surface area contributed by atoms with Gasteiger partial charge in [-0.25, -0.2) is 4.98 Å². The molecule has 1 aromatic carbocycles. The van der Waals surface area contributed by atoms with Gasteiger partial charge < -0.3 is 5.11 Å². The lowest BCUT2D eigenvalue weighted by atomic mass is 10.0. The van der Waals surface area contributed by atoms with Crippen LogP contribution in [0.15, 0.2) is 29.6 Å². The zero-order chi connectivity index (χ0) is 12.3. The molecule has 0 aliphatic rings. The lowest BCUT2D eigenvalue weighted by molar-refractivity contribution is 0.177. The van der Waals surface area contributed by atoms with Crippen LogP contribution in [0, 0.1) is 6.92 Å². The molecule has 0 aliphatic carbocycles. The zero-order valence-corrected chi connectivity index (χ0v) is 11.0. The third-order valence-electron chi connectivity index (χ3n) is 2.81. The molecule has 0 bridgehead atoms. The first-order valence-corrected chi connectivity index (χ1v) is 6.75. The van der Waals surface area contributed by atoms with Gasteiger partial charge in [0.2, 0.25) is 0 Å². The first kappa shape index (κ1) is 12.3. The molecule has 0 radical (unpaired) electrons. The van der Waals surface area contributed by atoms with Gasteiger partial charge in [-0.2, -0.15) is 0 Å². The number of aromatic nitrogens is 1. The Morgan fingerprint density at radius 1 is 1.41 bits per heavy atom. The monoisotopic (exact) mass is 247 g/mol. The minimum absolute atomic E-state index is 0.456. The molecule has 2 nitrogen and oxygen atoms in total. The lowest BCUT2D eigenvalue weighted by Crippen LogP contribution is -2.02. The Morgan fingerprint density at radius 3 is 2.88 bits per heavy atom. The third-order valence-corrected chi connectivity index (χ3v) is 3.64. The van der Waals surface area contributed by atoms with Gasteiger partial charge in [0, 0.05) is 11.8 Å². The molecule has 1 unspecified atom stereocenters. The molecule has 17 heavy (non-hydrogen) atoms. The summed E-state index contributed by atoms with van der Waals surface area (Å²) in [6, 6.07) is 8.14. The summed E-state index contributed by atoms with van der Waals surface area (Å²) >= 11 is 1.63. The lowest BCUT2D eigenvalue weighted by Gasteiger charge is -2.10. The van der Waals surface area contributed by atoms with Crippen molar-refractivity contribution in [2.45, 2.75) is 32.8 Å². The fourth-order valence-corrected chi connectivity index (χ4v) is 2.46. The highest BCUT2D eigenvalue weighted by Crippen LogP contribution is 2.20. The van der Waals surface area contributed by atoms with Crippen molar-refractivity contribution in [2.24, 2.45) is 0 Å². The van der Waals surface area contributed by atoms with Crippen LogP contribution in [-0.2, 0) is 12.8 Å². The SMILES string of the molecule is CCc1cccc(C(O)Cc2csc(C)n2)c1. The number of aryl methyl sites for hydroxylation is 2. The van der Waals surface area contributed by atoms with E-state index in [1.807, 2.05) is 24.4 Å². The topological polar surface area (TPSA) is 33.1 Å². The van der Waals surface area contributed by atoms with E-state index in [1.54, 1.807) is 11.3 Å². The summed E-state index contributed by atoms with van der Waals surface area (Å²) in [6.07, 6.45) is 1.14. The number of hydrogen-bond donors (Lipinski definition) is 1. The number of benzene rings is 1. The van der Waals surface area contributed by atoms with Gasteiger partial charge in [0.25, 0.3) is 0 Å². The van der Waals surface area contributed by atoms with Gasteiger partial charge in [0.15, 0.2) is 0 Å². The van der Waals surface area contributed by atoms with Gasteiger partial charge in [-0.1, -0.05) is 31.2 Å². The van der Waals surface area contributed by atoms with Crippen LogP contribution in [0.2, 0.25) is 0 Å². The number of aliphatic hydroxyl groups excluding tert-OH is 1. The Bertz CT molecular complexity index is 492. The van der Waals surface area contributed by atoms with E-state index in [2.05, 4.69) is 24.0 Å². The van der Waals surface area contributed by atoms with E-state index in [9.17, 15) is 5.11 Å². The molecule has 0 saturated heterocycles. The molecule has 1 aromatic heterocycles.